The van der Waals surface area contributed by atoms with E-state index in [0.29, 0.717) is 0 Å². The van der Waals surface area contributed by atoms with Crippen LogP contribution in [0, 0.1) is 0 Å². The molecule has 1 aromatic heterocycles. The largest absolute Gasteiger partial charge is 0.310 e. The molecule has 3 heterocycles. The monoisotopic (exact) mass is 982 g/mol. The van der Waals surface area contributed by atoms with E-state index >= 15 is 0 Å². The van der Waals surface area contributed by atoms with E-state index in [0.717, 1.165) is 17.1 Å². The van der Waals surface area contributed by atoms with E-state index in [1.54, 1.807) is 0 Å². The maximum Gasteiger partial charge on any atom is 0.0542 e. The van der Waals surface area contributed by atoms with Crippen molar-refractivity contribution in [2.45, 2.75) is 143 Å². The third kappa shape index (κ3) is 7.73. The van der Waals surface area contributed by atoms with Gasteiger partial charge in [0.15, 0.2) is 0 Å². The van der Waals surface area contributed by atoms with Crippen molar-refractivity contribution < 1.29 is 0 Å². The molecule has 0 N–H and O–H groups in total. The molecule has 0 saturated heterocycles. The van der Waals surface area contributed by atoms with Crippen LogP contribution in [0.3, 0.4) is 0 Å². The Hall–Kier alpha value is -7.10. The van der Waals surface area contributed by atoms with Crippen LogP contribution in [0.5, 0.6) is 0 Å². The van der Waals surface area contributed by atoms with Gasteiger partial charge in [-0.1, -0.05) is 190 Å². The molecule has 0 fully saturated rings. The van der Waals surface area contributed by atoms with E-state index in [-0.39, 0.29) is 32.5 Å². The summed E-state index contributed by atoms with van der Waals surface area (Å²) in [4.78, 5) is 5.11. The second-order valence-electron chi connectivity index (χ2n) is 27.3. The van der Waals surface area contributed by atoms with Gasteiger partial charge in [0.1, 0.15) is 0 Å². The van der Waals surface area contributed by atoms with Crippen molar-refractivity contribution in [3.63, 3.8) is 0 Å². The molecule has 0 radical (unpaired) electrons. The minimum atomic E-state index is -0.225. The van der Waals surface area contributed by atoms with Crippen LogP contribution in [0.15, 0.2) is 164 Å². The van der Waals surface area contributed by atoms with Crippen LogP contribution in [0.2, 0.25) is 0 Å². The highest BCUT2D eigenvalue weighted by atomic mass is 15.2. The maximum atomic E-state index is 2.56. The van der Waals surface area contributed by atoms with Crippen molar-refractivity contribution in [1.29, 1.82) is 0 Å². The summed E-state index contributed by atoms with van der Waals surface area (Å²) in [7, 11) is 0. The summed E-state index contributed by atoms with van der Waals surface area (Å²) in [5.74, 6) is 0. The summed E-state index contributed by atoms with van der Waals surface area (Å²) in [6, 6.07) is 63.9. The van der Waals surface area contributed by atoms with Crippen LogP contribution in [0.1, 0.15) is 155 Å². The number of rotatable bonds is 3. The van der Waals surface area contributed by atoms with Gasteiger partial charge in [-0.3, -0.25) is 0 Å². The molecular weight excluding hydrogens is 907 g/mol. The lowest BCUT2D eigenvalue weighted by atomic mass is 9.70. The van der Waals surface area contributed by atoms with Gasteiger partial charge in [0.05, 0.1) is 33.8 Å². The summed E-state index contributed by atoms with van der Waals surface area (Å²) < 4.78 is 2.51. The second-order valence-corrected chi connectivity index (χ2v) is 27.3. The normalized spacial score (nSPS) is 15.4. The van der Waals surface area contributed by atoms with Crippen molar-refractivity contribution >= 4 is 77.5 Å². The Morgan fingerprint density at radius 2 is 0.613 bits per heavy atom. The van der Waals surface area contributed by atoms with Crippen molar-refractivity contribution in [2.24, 2.45) is 0 Å². The number of anilines is 6. The predicted octanol–water partition coefficient (Wildman–Crippen LogP) is 20.5. The maximum absolute atomic E-state index is 2.56. The van der Waals surface area contributed by atoms with E-state index in [1.165, 1.54) is 111 Å². The highest BCUT2D eigenvalue weighted by Gasteiger charge is 2.41. The van der Waals surface area contributed by atoms with Crippen LogP contribution in [-0.4, -0.2) is 4.57 Å². The Labute approximate surface area is 446 Å². The molecule has 3 heteroatoms. The highest BCUT2D eigenvalue weighted by Crippen LogP contribution is 2.56. The highest BCUT2D eigenvalue weighted by molar-refractivity contribution is 6.13. The molecule has 0 unspecified atom stereocenters. The van der Waals surface area contributed by atoms with Gasteiger partial charge in [-0.05, 0) is 173 Å². The molecule has 0 saturated carbocycles. The average molecular weight is 982 g/mol. The lowest BCUT2D eigenvalue weighted by Crippen LogP contribution is -2.32. The Morgan fingerprint density at radius 3 is 0.960 bits per heavy atom. The summed E-state index contributed by atoms with van der Waals surface area (Å²) in [5.41, 5.74) is 21.2. The van der Waals surface area contributed by atoms with Gasteiger partial charge in [0.25, 0.3) is 0 Å². The number of fused-ring (bicyclic) bond motifs is 9. The van der Waals surface area contributed by atoms with Gasteiger partial charge in [-0.25, -0.2) is 0 Å². The first-order valence-electron chi connectivity index (χ1n) is 27.4. The fraction of sp³-hybridized carbons (Fsp3) is 0.306. The molecular formula is C72H75N3. The van der Waals surface area contributed by atoms with E-state index < -0.39 is 0 Å². The molecule has 12 rings (SSSR count). The van der Waals surface area contributed by atoms with Gasteiger partial charge in [-0.15, -0.1) is 0 Å². The summed E-state index contributed by atoms with van der Waals surface area (Å²) in [6.45, 7) is 37.7. The van der Waals surface area contributed by atoms with Gasteiger partial charge in [-0.2, -0.15) is 0 Å². The Morgan fingerprint density at radius 1 is 0.293 bits per heavy atom. The molecule has 0 bridgehead atoms. The van der Waals surface area contributed by atoms with Crippen LogP contribution < -0.4 is 9.80 Å². The van der Waals surface area contributed by atoms with Crippen molar-refractivity contribution in [3.8, 4) is 5.69 Å². The fourth-order valence-electron chi connectivity index (χ4n) is 12.5. The van der Waals surface area contributed by atoms with Crippen LogP contribution in [0.25, 0.3) is 49.0 Å². The molecule has 2 aliphatic heterocycles. The summed E-state index contributed by atoms with van der Waals surface area (Å²) in [5, 5.41) is 7.43. The lowest BCUT2D eigenvalue weighted by Gasteiger charge is -2.43. The second kappa shape index (κ2) is 16.2. The SMILES string of the molecule is CC(C)(C)c1ccc2c(c1)C(C)(C)c1cc(C(C)(C)C)ccc1N2c1ccc2c(c1)c1cc(N3c4ccc(C(C)(C)C)cc4C(C)(C)c4cc(C(C)(C)C)ccc43)ccc1n2-c1ccc2cc3ccccc3cc2c1. The molecule has 0 atom stereocenters. The van der Waals surface area contributed by atoms with Gasteiger partial charge >= 0.3 is 0 Å². The fourth-order valence-corrected chi connectivity index (χ4v) is 12.5. The Kier molecular flexibility index (Phi) is 10.5. The van der Waals surface area contributed by atoms with E-state index in [4.69, 9.17) is 0 Å². The molecule has 0 aliphatic carbocycles. The van der Waals surface area contributed by atoms with Crippen LogP contribution >= 0.6 is 0 Å². The minimum absolute atomic E-state index is 0.00663. The lowest BCUT2D eigenvalue weighted by molar-refractivity contribution is 0.572. The number of aromatic nitrogens is 1. The first kappa shape index (κ1) is 48.8. The van der Waals surface area contributed by atoms with Crippen molar-refractivity contribution in [3.05, 3.63) is 208 Å². The Bertz CT molecular complexity index is 3660. The molecule has 378 valence electrons. The molecule has 0 amide bonds. The van der Waals surface area contributed by atoms with Crippen LogP contribution in [-0.2, 0) is 32.5 Å². The molecule has 0 spiro atoms. The molecule has 10 aromatic rings. The standard InChI is InChI=1S/C72H75N3/c1-67(2,3)48-22-29-63-57(38-48)71(13,14)58-39-49(68(4,5)6)23-30-64(58)74(63)53-27-33-61-55(42-53)56-43-54(28-34-62(56)73(61)52-26-21-46-35-44-19-17-18-20-45(44)36-47(46)37-52)75-65-31-24-50(69(7,8)9)40-59(65)72(15,16)60-41-51(70(10,11)12)25-32-66(60)75/h17-43H,1-16H3. The smallest absolute Gasteiger partial charge is 0.0542 e. The third-order valence-corrected chi connectivity index (χ3v) is 17.3. The van der Waals surface area contributed by atoms with E-state index in [9.17, 15) is 0 Å². The zero-order valence-electron chi connectivity index (χ0n) is 47.4. The van der Waals surface area contributed by atoms with E-state index in [1.807, 2.05) is 0 Å². The van der Waals surface area contributed by atoms with Gasteiger partial charge in [0.2, 0.25) is 0 Å². The minimum Gasteiger partial charge on any atom is -0.310 e. The molecule has 9 aromatic carbocycles. The summed E-state index contributed by atoms with van der Waals surface area (Å²) in [6.07, 6.45) is 0. The molecule has 2 aliphatic rings. The number of nitrogens with zero attached hydrogens (tertiary/aromatic N) is 3. The van der Waals surface area contributed by atoms with Crippen LogP contribution in [0.4, 0.5) is 34.1 Å². The first-order valence-corrected chi connectivity index (χ1v) is 27.4. The molecule has 75 heavy (non-hydrogen) atoms. The Balaban J connectivity index is 1.13. The third-order valence-electron chi connectivity index (χ3n) is 17.3. The average Bonchev–Trinajstić information content (AvgIpc) is 3.67. The zero-order chi connectivity index (χ0) is 53.1. The number of benzene rings is 9. The topological polar surface area (TPSA) is 11.4 Å². The predicted molar refractivity (Wildman–Crippen MR) is 324 cm³/mol. The van der Waals surface area contributed by atoms with Gasteiger partial charge in [0, 0.05) is 38.7 Å². The van der Waals surface area contributed by atoms with Crippen molar-refractivity contribution in [2.75, 3.05) is 9.80 Å². The van der Waals surface area contributed by atoms with Crippen molar-refractivity contribution in [1.82, 2.24) is 4.57 Å². The zero-order valence-corrected chi connectivity index (χ0v) is 47.4. The number of hydrogen-bond acceptors (Lipinski definition) is 2. The van der Waals surface area contributed by atoms with Gasteiger partial charge < -0.3 is 14.4 Å². The number of hydrogen-bond donors (Lipinski definition) is 0. The van der Waals surface area contributed by atoms with E-state index in [2.05, 4.69) is 289 Å². The molecule has 3 nitrogen and oxygen atoms in total. The first-order chi connectivity index (χ1) is 35.2. The quantitative estimate of drug-likeness (QED) is 0.163. The summed E-state index contributed by atoms with van der Waals surface area (Å²) >= 11 is 0.